The predicted octanol–water partition coefficient (Wildman–Crippen LogP) is 12.0. The van der Waals surface area contributed by atoms with Crippen LogP contribution in [0.1, 0.15) is 0 Å². The molecule has 9 aromatic rings. The number of fused-ring (bicyclic) bond motifs is 3. The van der Waals surface area contributed by atoms with Crippen LogP contribution >= 0.6 is 11.3 Å². The zero-order valence-corrected chi connectivity index (χ0v) is 23.1. The average Bonchev–Trinajstić information content (AvgIpc) is 3.41. The first-order chi connectivity index (χ1) is 20.3. The van der Waals surface area contributed by atoms with Crippen molar-refractivity contribution in [3.8, 4) is 33.4 Å². The van der Waals surface area contributed by atoms with Gasteiger partial charge in [0.05, 0.1) is 0 Å². The molecule has 41 heavy (non-hydrogen) atoms. The molecule has 0 radical (unpaired) electrons. The fourth-order valence-corrected chi connectivity index (χ4v) is 7.86. The van der Waals surface area contributed by atoms with Crippen LogP contribution in [0, 0.1) is 0 Å². The summed E-state index contributed by atoms with van der Waals surface area (Å²) in [6.07, 6.45) is 0. The predicted molar refractivity (Wildman–Crippen MR) is 179 cm³/mol. The minimum absolute atomic E-state index is 1.26. The van der Waals surface area contributed by atoms with Crippen LogP contribution in [0.15, 0.2) is 146 Å². The maximum atomic E-state index is 2.39. The van der Waals surface area contributed by atoms with Crippen LogP contribution in [0.3, 0.4) is 0 Å². The lowest BCUT2D eigenvalue weighted by Crippen LogP contribution is -1.89. The van der Waals surface area contributed by atoms with Crippen molar-refractivity contribution in [3.63, 3.8) is 0 Å². The van der Waals surface area contributed by atoms with E-state index >= 15 is 0 Å². The molecule has 1 heteroatoms. The van der Waals surface area contributed by atoms with Crippen molar-refractivity contribution in [2.45, 2.75) is 0 Å². The van der Waals surface area contributed by atoms with E-state index in [0.717, 1.165) is 0 Å². The van der Waals surface area contributed by atoms with E-state index in [1.165, 1.54) is 85.9 Å². The van der Waals surface area contributed by atoms with E-state index in [1.807, 2.05) is 11.3 Å². The molecular weight excluding hydrogens is 513 g/mol. The van der Waals surface area contributed by atoms with E-state index in [2.05, 4.69) is 146 Å². The summed E-state index contributed by atoms with van der Waals surface area (Å²) in [6.45, 7) is 0. The summed E-state index contributed by atoms with van der Waals surface area (Å²) in [5, 5.41) is 10.6. The second-order valence-corrected chi connectivity index (χ2v) is 12.0. The standard InChI is InChI=1S/C40H24S/c1-3-7-25(8-4-1)29-15-19-33-34-20-16-30(24-38(34)41-37(33)23-29)32-18-12-28-13-21-35-31(26-9-5-2-6-10-26)17-11-27-14-22-36(32)40(28)39(27)35/h1-24H. The second-order valence-electron chi connectivity index (χ2n) is 10.9. The summed E-state index contributed by atoms with van der Waals surface area (Å²) in [4.78, 5) is 0. The Balaban J connectivity index is 1.24. The largest absolute Gasteiger partial charge is 0.135 e. The Hall–Kier alpha value is -4.98. The topological polar surface area (TPSA) is 0 Å². The van der Waals surface area contributed by atoms with Crippen LogP contribution in [0.25, 0.3) is 85.9 Å². The van der Waals surface area contributed by atoms with Crippen molar-refractivity contribution in [2.75, 3.05) is 0 Å². The monoisotopic (exact) mass is 536 g/mol. The van der Waals surface area contributed by atoms with Crippen molar-refractivity contribution < 1.29 is 0 Å². The molecule has 0 aliphatic carbocycles. The van der Waals surface area contributed by atoms with Gasteiger partial charge in [0.1, 0.15) is 0 Å². The molecule has 0 saturated carbocycles. The van der Waals surface area contributed by atoms with Gasteiger partial charge in [-0.3, -0.25) is 0 Å². The number of benzene rings is 8. The molecule has 190 valence electrons. The van der Waals surface area contributed by atoms with Crippen molar-refractivity contribution >= 4 is 63.8 Å². The summed E-state index contributed by atoms with van der Waals surface area (Å²) >= 11 is 1.89. The van der Waals surface area contributed by atoms with Crippen molar-refractivity contribution in [1.82, 2.24) is 0 Å². The summed E-state index contributed by atoms with van der Waals surface area (Å²) in [5.41, 5.74) is 7.65. The van der Waals surface area contributed by atoms with Gasteiger partial charge >= 0.3 is 0 Å². The fourth-order valence-electron chi connectivity index (χ4n) is 6.68. The maximum absolute atomic E-state index is 2.39. The third-order valence-corrected chi connectivity index (χ3v) is 9.76. The molecule has 0 spiro atoms. The highest BCUT2D eigenvalue weighted by atomic mass is 32.1. The zero-order chi connectivity index (χ0) is 26.9. The van der Waals surface area contributed by atoms with Crippen LogP contribution in [0.5, 0.6) is 0 Å². The molecule has 0 N–H and O–H groups in total. The Morgan fingerprint density at radius 1 is 0.317 bits per heavy atom. The normalized spacial score (nSPS) is 11.9. The van der Waals surface area contributed by atoms with E-state index in [-0.39, 0.29) is 0 Å². The second kappa shape index (κ2) is 8.76. The van der Waals surface area contributed by atoms with Gasteiger partial charge in [0.25, 0.3) is 0 Å². The fraction of sp³-hybridized carbons (Fsp3) is 0. The molecule has 8 aromatic carbocycles. The molecular formula is C40H24S. The van der Waals surface area contributed by atoms with Gasteiger partial charge in [0.15, 0.2) is 0 Å². The minimum Gasteiger partial charge on any atom is -0.135 e. The van der Waals surface area contributed by atoms with Gasteiger partial charge in [0.2, 0.25) is 0 Å². The van der Waals surface area contributed by atoms with Crippen LogP contribution in [-0.2, 0) is 0 Å². The minimum atomic E-state index is 1.26. The van der Waals surface area contributed by atoms with Gasteiger partial charge in [-0.05, 0) is 77.8 Å². The van der Waals surface area contributed by atoms with Crippen LogP contribution in [0.4, 0.5) is 0 Å². The van der Waals surface area contributed by atoms with Crippen LogP contribution in [0.2, 0.25) is 0 Å². The van der Waals surface area contributed by atoms with E-state index in [0.29, 0.717) is 0 Å². The third kappa shape index (κ3) is 3.46. The van der Waals surface area contributed by atoms with Gasteiger partial charge < -0.3 is 0 Å². The Morgan fingerprint density at radius 2 is 0.780 bits per heavy atom. The lowest BCUT2D eigenvalue weighted by atomic mass is 9.87. The van der Waals surface area contributed by atoms with Gasteiger partial charge in [-0.1, -0.05) is 133 Å². The highest BCUT2D eigenvalue weighted by Gasteiger charge is 2.16. The van der Waals surface area contributed by atoms with E-state index in [9.17, 15) is 0 Å². The van der Waals surface area contributed by atoms with Gasteiger partial charge in [-0.2, -0.15) is 0 Å². The third-order valence-electron chi connectivity index (χ3n) is 8.64. The molecule has 0 nitrogen and oxygen atoms in total. The summed E-state index contributed by atoms with van der Waals surface area (Å²) < 4.78 is 2.67. The average molecular weight is 537 g/mol. The van der Waals surface area contributed by atoms with Gasteiger partial charge in [-0.25, -0.2) is 0 Å². The lowest BCUT2D eigenvalue weighted by molar-refractivity contribution is 1.66. The first kappa shape index (κ1) is 22.8. The zero-order valence-electron chi connectivity index (χ0n) is 22.3. The number of rotatable bonds is 3. The molecule has 0 saturated heterocycles. The van der Waals surface area contributed by atoms with E-state index in [1.54, 1.807) is 0 Å². The highest BCUT2D eigenvalue weighted by molar-refractivity contribution is 7.25. The Labute approximate surface area is 242 Å². The first-order valence-corrected chi connectivity index (χ1v) is 14.9. The van der Waals surface area contributed by atoms with Crippen molar-refractivity contribution in [3.05, 3.63) is 146 Å². The van der Waals surface area contributed by atoms with Crippen molar-refractivity contribution in [2.24, 2.45) is 0 Å². The number of hydrogen-bond donors (Lipinski definition) is 0. The quantitative estimate of drug-likeness (QED) is 0.197. The number of hydrogen-bond acceptors (Lipinski definition) is 1. The molecule has 0 amide bonds. The Bertz CT molecular complexity index is 2400. The smallest absolute Gasteiger partial charge is 0.0361 e. The van der Waals surface area contributed by atoms with E-state index in [4.69, 9.17) is 0 Å². The Kier molecular flexibility index (Phi) is 4.87. The summed E-state index contributed by atoms with van der Waals surface area (Å²) in [7, 11) is 0. The summed E-state index contributed by atoms with van der Waals surface area (Å²) in [6, 6.07) is 53.7. The van der Waals surface area contributed by atoms with Crippen LogP contribution < -0.4 is 0 Å². The highest BCUT2D eigenvalue weighted by Crippen LogP contribution is 2.44. The van der Waals surface area contributed by atoms with Gasteiger partial charge in [-0.15, -0.1) is 11.3 Å². The van der Waals surface area contributed by atoms with Crippen molar-refractivity contribution in [1.29, 1.82) is 0 Å². The molecule has 0 unspecified atom stereocenters. The molecule has 1 aromatic heterocycles. The lowest BCUT2D eigenvalue weighted by Gasteiger charge is -2.16. The summed E-state index contributed by atoms with van der Waals surface area (Å²) in [5.74, 6) is 0. The molecule has 0 atom stereocenters. The maximum Gasteiger partial charge on any atom is 0.0361 e. The first-order valence-electron chi connectivity index (χ1n) is 14.1. The molecule has 1 heterocycles. The molecule has 0 aliphatic heterocycles. The van der Waals surface area contributed by atoms with Crippen LogP contribution in [-0.4, -0.2) is 0 Å². The Morgan fingerprint density at radius 3 is 1.39 bits per heavy atom. The molecule has 9 rings (SSSR count). The van der Waals surface area contributed by atoms with Gasteiger partial charge in [0, 0.05) is 20.2 Å². The molecule has 0 aliphatic rings. The SMILES string of the molecule is c1ccc(-c2ccc3c(c2)sc2cc(-c4ccc5ccc6c(-c7ccccc7)ccc7ccc4c5c76)ccc23)cc1. The molecule has 0 bridgehead atoms. The number of thiophene rings is 1. The van der Waals surface area contributed by atoms with E-state index < -0.39 is 0 Å². The molecule has 0 fully saturated rings.